The van der Waals surface area contributed by atoms with E-state index in [-0.39, 0.29) is 10.8 Å². The number of ketones is 1. The van der Waals surface area contributed by atoms with Gasteiger partial charge in [-0.15, -0.1) is 0 Å². The molecule has 0 radical (unpaired) electrons. The Morgan fingerprint density at radius 3 is 2.32 bits per heavy atom. The number of ether oxygens (including phenoxy) is 3. The van der Waals surface area contributed by atoms with E-state index in [4.69, 9.17) is 14.2 Å². The molecule has 5 heteroatoms. The Morgan fingerprint density at radius 1 is 0.947 bits per heavy atom. The zero-order valence-electron chi connectivity index (χ0n) is 23.8. The van der Waals surface area contributed by atoms with E-state index < -0.39 is 0 Å². The van der Waals surface area contributed by atoms with Crippen molar-refractivity contribution in [3.05, 3.63) is 46.7 Å². The molecule has 5 atom stereocenters. The van der Waals surface area contributed by atoms with Gasteiger partial charge in [-0.1, -0.05) is 19.9 Å². The van der Waals surface area contributed by atoms with Crippen LogP contribution in [-0.4, -0.2) is 45.1 Å². The summed E-state index contributed by atoms with van der Waals surface area (Å²) in [7, 11) is 4.87. The van der Waals surface area contributed by atoms with E-state index >= 15 is 0 Å². The monoisotopic (exact) mass is 517 g/mol. The van der Waals surface area contributed by atoms with Crippen LogP contribution in [0.15, 0.2) is 41.1 Å². The summed E-state index contributed by atoms with van der Waals surface area (Å²) in [4.78, 5) is 16.6. The van der Waals surface area contributed by atoms with Gasteiger partial charge in [0.05, 0.1) is 21.3 Å². The van der Waals surface area contributed by atoms with Crippen molar-refractivity contribution in [3.8, 4) is 17.2 Å². The van der Waals surface area contributed by atoms with Gasteiger partial charge in [0.2, 0.25) is 5.75 Å². The maximum Gasteiger partial charge on any atom is 0.203 e. The van der Waals surface area contributed by atoms with Crippen LogP contribution in [0, 0.1) is 28.6 Å². The molecule has 4 aliphatic carbocycles. The zero-order valence-corrected chi connectivity index (χ0v) is 23.8. The Hall–Kier alpha value is -2.69. The lowest BCUT2D eigenvalue weighted by Crippen LogP contribution is -2.49. The molecule has 1 aromatic carbocycles. The Balaban J connectivity index is 1.30. The summed E-state index contributed by atoms with van der Waals surface area (Å²) in [5, 5.41) is 0. The molecule has 6 rings (SSSR count). The third-order valence-electron chi connectivity index (χ3n) is 10.9. The second-order valence-corrected chi connectivity index (χ2v) is 12.6. The molecule has 0 bridgehead atoms. The molecule has 5 nitrogen and oxygen atoms in total. The first-order valence-electron chi connectivity index (χ1n) is 14.5. The lowest BCUT2D eigenvalue weighted by molar-refractivity contribution is -0.129. The molecule has 0 unspecified atom stereocenters. The number of fused-ring (bicyclic) bond motifs is 5. The van der Waals surface area contributed by atoms with Crippen molar-refractivity contribution in [3.63, 3.8) is 0 Å². The summed E-state index contributed by atoms with van der Waals surface area (Å²) in [5.74, 6) is 3.78. The SMILES string of the molecule is COc1cc(C=C2C[C@H]3[C@@H]4CC=C5C=C(N6CCCC6)CC[C@]5(C)[C@H]4CC[C@]3(C)C2=O)cc(OC)c1OC. The van der Waals surface area contributed by atoms with Gasteiger partial charge < -0.3 is 19.1 Å². The fraction of sp³-hybridized carbons (Fsp3) is 0.606. The number of hydrogen-bond donors (Lipinski definition) is 0. The van der Waals surface area contributed by atoms with Crippen LogP contribution in [0.4, 0.5) is 0 Å². The average Bonchev–Trinajstić information content (AvgIpc) is 3.55. The number of hydrogen-bond acceptors (Lipinski definition) is 5. The zero-order chi connectivity index (χ0) is 26.7. The molecule has 1 heterocycles. The highest BCUT2D eigenvalue weighted by Gasteiger charge is 2.59. The summed E-state index contributed by atoms with van der Waals surface area (Å²) < 4.78 is 16.6. The van der Waals surface area contributed by atoms with Gasteiger partial charge >= 0.3 is 0 Å². The normalized spacial score (nSPS) is 35.3. The Morgan fingerprint density at radius 2 is 1.66 bits per heavy atom. The van der Waals surface area contributed by atoms with Crippen LogP contribution >= 0.6 is 0 Å². The van der Waals surface area contributed by atoms with Crippen molar-refractivity contribution in [1.82, 2.24) is 4.90 Å². The third kappa shape index (κ3) is 3.83. The molecular formula is C33H43NO4. The van der Waals surface area contributed by atoms with Gasteiger partial charge in [0, 0.05) is 24.2 Å². The van der Waals surface area contributed by atoms with Gasteiger partial charge in [-0.2, -0.15) is 0 Å². The maximum atomic E-state index is 13.9. The highest BCUT2D eigenvalue weighted by molar-refractivity contribution is 6.06. The van der Waals surface area contributed by atoms with Gasteiger partial charge in [0.15, 0.2) is 17.3 Å². The second kappa shape index (κ2) is 9.50. The number of allylic oxidation sites excluding steroid dienone is 5. The molecule has 5 aliphatic rings. The van der Waals surface area contributed by atoms with Crippen molar-refractivity contribution in [2.75, 3.05) is 34.4 Å². The first-order valence-corrected chi connectivity index (χ1v) is 14.5. The Bertz CT molecular complexity index is 1200. The van der Waals surface area contributed by atoms with Crippen LogP contribution in [0.5, 0.6) is 17.2 Å². The molecule has 2 saturated carbocycles. The quantitative estimate of drug-likeness (QED) is 0.401. The molecule has 3 fully saturated rings. The molecule has 1 saturated heterocycles. The van der Waals surface area contributed by atoms with Gasteiger partial charge in [0.25, 0.3) is 0 Å². The molecule has 0 N–H and O–H groups in total. The summed E-state index contributed by atoms with van der Waals surface area (Å²) in [6.07, 6.45) is 16.4. The van der Waals surface area contributed by atoms with E-state index in [0.717, 1.165) is 36.8 Å². The van der Waals surface area contributed by atoms with Crippen molar-refractivity contribution in [2.24, 2.45) is 28.6 Å². The minimum atomic E-state index is -0.263. The minimum Gasteiger partial charge on any atom is -0.493 e. The number of benzene rings is 1. The fourth-order valence-electron chi connectivity index (χ4n) is 8.75. The number of rotatable bonds is 5. The summed E-state index contributed by atoms with van der Waals surface area (Å²) in [5.41, 5.74) is 4.99. The topological polar surface area (TPSA) is 48.0 Å². The van der Waals surface area contributed by atoms with Gasteiger partial charge in [-0.05, 0) is 116 Å². The Kier molecular flexibility index (Phi) is 6.39. The van der Waals surface area contributed by atoms with Crippen molar-refractivity contribution in [1.29, 1.82) is 0 Å². The lowest BCUT2D eigenvalue weighted by Gasteiger charge is -2.55. The van der Waals surface area contributed by atoms with Crippen molar-refractivity contribution < 1.29 is 19.0 Å². The fourth-order valence-corrected chi connectivity index (χ4v) is 8.75. The lowest BCUT2D eigenvalue weighted by atomic mass is 9.49. The number of Topliss-reactive ketones (excluding diaryl/α,β-unsaturated/α-hetero) is 1. The highest BCUT2D eigenvalue weighted by Crippen LogP contribution is 2.64. The van der Waals surface area contributed by atoms with Gasteiger partial charge in [-0.3, -0.25) is 4.79 Å². The molecule has 0 spiro atoms. The van der Waals surface area contributed by atoms with E-state index in [0.29, 0.717) is 40.8 Å². The molecule has 0 amide bonds. The first-order chi connectivity index (χ1) is 18.3. The van der Waals surface area contributed by atoms with E-state index in [1.165, 1.54) is 38.8 Å². The average molecular weight is 518 g/mol. The molecule has 204 valence electrons. The smallest absolute Gasteiger partial charge is 0.203 e. The first kappa shape index (κ1) is 25.6. The number of likely N-dealkylation sites (tertiary alicyclic amines) is 1. The summed E-state index contributed by atoms with van der Waals surface area (Å²) in [6, 6.07) is 3.88. The minimum absolute atomic E-state index is 0.236. The predicted molar refractivity (Wildman–Crippen MR) is 150 cm³/mol. The highest BCUT2D eigenvalue weighted by atomic mass is 16.5. The van der Waals surface area contributed by atoms with Crippen molar-refractivity contribution >= 4 is 11.9 Å². The molecular weight excluding hydrogens is 474 g/mol. The molecule has 1 aliphatic heterocycles. The van der Waals surface area contributed by atoms with Crippen LogP contribution in [0.1, 0.15) is 70.8 Å². The van der Waals surface area contributed by atoms with Crippen molar-refractivity contribution in [2.45, 2.75) is 65.2 Å². The molecule has 0 aromatic heterocycles. The van der Waals surface area contributed by atoms with E-state index in [2.05, 4.69) is 37.0 Å². The number of methoxy groups -OCH3 is 3. The van der Waals surface area contributed by atoms with Crippen LogP contribution in [0.25, 0.3) is 6.08 Å². The van der Waals surface area contributed by atoms with Gasteiger partial charge in [0.1, 0.15) is 0 Å². The predicted octanol–water partition coefficient (Wildman–Crippen LogP) is 6.83. The van der Waals surface area contributed by atoms with Crippen LogP contribution < -0.4 is 14.2 Å². The standard InChI is InChI=1S/C33H43NO4/c1-32-12-10-24(34-14-6-7-15-34)20-23(32)8-9-25-26(32)11-13-33(2)27(25)19-22(31(33)35)16-21-17-28(36-3)30(38-5)29(18-21)37-4/h8,16-18,20,25-27H,6-7,9-15,19H2,1-5H3/t25-,26+,27+,32+,33+/m1/s1. The van der Waals surface area contributed by atoms with Crippen LogP contribution in [0.3, 0.4) is 0 Å². The number of carbonyl (C=O) groups is 1. The summed E-state index contributed by atoms with van der Waals surface area (Å²) in [6.45, 7) is 7.23. The number of carbonyl (C=O) groups excluding carboxylic acids is 1. The van der Waals surface area contributed by atoms with Crippen LogP contribution in [0.2, 0.25) is 0 Å². The van der Waals surface area contributed by atoms with Gasteiger partial charge in [-0.25, -0.2) is 0 Å². The van der Waals surface area contributed by atoms with E-state index in [1.807, 2.05) is 12.1 Å². The Labute approximate surface area is 227 Å². The molecule has 1 aromatic rings. The third-order valence-corrected chi connectivity index (χ3v) is 10.9. The molecule has 38 heavy (non-hydrogen) atoms. The number of nitrogens with zero attached hydrogens (tertiary/aromatic N) is 1. The van der Waals surface area contributed by atoms with Crippen LogP contribution in [-0.2, 0) is 4.79 Å². The largest absolute Gasteiger partial charge is 0.493 e. The maximum absolute atomic E-state index is 13.9. The van der Waals surface area contributed by atoms with E-state index in [1.54, 1.807) is 32.6 Å². The van der Waals surface area contributed by atoms with E-state index in [9.17, 15) is 4.79 Å². The second-order valence-electron chi connectivity index (χ2n) is 12.6. The summed E-state index contributed by atoms with van der Waals surface area (Å²) >= 11 is 0.